The minimum atomic E-state index is 0.669. The highest BCUT2D eigenvalue weighted by Gasteiger charge is 2.03. The van der Waals surface area contributed by atoms with Gasteiger partial charge in [-0.15, -0.1) is 0 Å². The van der Waals surface area contributed by atoms with Crippen molar-refractivity contribution in [1.29, 1.82) is 0 Å². The first-order valence-corrected chi connectivity index (χ1v) is 8.48. The SMILES string of the molecule is Cc1cc(NCCc2cccc(Cl)c2)nc(NCCC(C)C)n1. The van der Waals surface area contributed by atoms with E-state index in [0.717, 1.165) is 42.5 Å². The molecule has 0 atom stereocenters. The summed E-state index contributed by atoms with van der Waals surface area (Å²) in [5.41, 5.74) is 2.17. The second-order valence-electron chi connectivity index (χ2n) is 6.13. The zero-order chi connectivity index (χ0) is 16.7. The number of hydrogen-bond acceptors (Lipinski definition) is 4. The second-order valence-corrected chi connectivity index (χ2v) is 6.57. The molecule has 2 aromatic rings. The van der Waals surface area contributed by atoms with Crippen molar-refractivity contribution in [1.82, 2.24) is 9.97 Å². The molecule has 0 amide bonds. The highest BCUT2D eigenvalue weighted by molar-refractivity contribution is 6.30. The summed E-state index contributed by atoms with van der Waals surface area (Å²) < 4.78 is 0. The van der Waals surface area contributed by atoms with Crippen LogP contribution in [0.4, 0.5) is 11.8 Å². The van der Waals surface area contributed by atoms with Crippen LogP contribution in [-0.4, -0.2) is 23.1 Å². The molecular formula is C18H25ClN4. The molecule has 0 aliphatic carbocycles. The topological polar surface area (TPSA) is 49.8 Å². The highest BCUT2D eigenvalue weighted by Crippen LogP contribution is 2.13. The molecule has 2 rings (SSSR count). The van der Waals surface area contributed by atoms with Crippen LogP contribution in [0.2, 0.25) is 5.02 Å². The molecule has 0 aliphatic heterocycles. The van der Waals surface area contributed by atoms with Gasteiger partial charge in [-0.05, 0) is 43.4 Å². The summed E-state index contributed by atoms with van der Waals surface area (Å²) in [6.45, 7) is 8.10. The van der Waals surface area contributed by atoms with E-state index in [9.17, 15) is 0 Å². The molecule has 2 N–H and O–H groups in total. The molecule has 0 aliphatic rings. The largest absolute Gasteiger partial charge is 0.370 e. The molecular weight excluding hydrogens is 308 g/mol. The third-order valence-electron chi connectivity index (χ3n) is 3.47. The molecule has 0 saturated carbocycles. The van der Waals surface area contributed by atoms with Crippen molar-refractivity contribution in [2.24, 2.45) is 5.92 Å². The number of hydrogen-bond donors (Lipinski definition) is 2. The van der Waals surface area contributed by atoms with Crippen LogP contribution >= 0.6 is 11.6 Å². The zero-order valence-electron chi connectivity index (χ0n) is 14.1. The normalized spacial score (nSPS) is 10.8. The molecule has 0 radical (unpaired) electrons. The predicted octanol–water partition coefficient (Wildman–Crippen LogP) is 4.55. The van der Waals surface area contributed by atoms with E-state index < -0.39 is 0 Å². The number of nitrogens with zero attached hydrogens (tertiary/aromatic N) is 2. The van der Waals surface area contributed by atoms with Gasteiger partial charge in [-0.1, -0.05) is 37.6 Å². The van der Waals surface area contributed by atoms with Crippen LogP contribution in [0.25, 0.3) is 0 Å². The van der Waals surface area contributed by atoms with Crippen molar-refractivity contribution < 1.29 is 0 Å². The van der Waals surface area contributed by atoms with Gasteiger partial charge in [0.15, 0.2) is 0 Å². The maximum Gasteiger partial charge on any atom is 0.224 e. The maximum absolute atomic E-state index is 6.00. The number of benzene rings is 1. The maximum atomic E-state index is 6.00. The van der Waals surface area contributed by atoms with Gasteiger partial charge in [0.05, 0.1) is 0 Å². The van der Waals surface area contributed by atoms with Crippen molar-refractivity contribution in [3.05, 3.63) is 46.6 Å². The number of aromatic nitrogens is 2. The summed E-state index contributed by atoms with van der Waals surface area (Å²) >= 11 is 6.00. The molecule has 0 saturated heterocycles. The van der Waals surface area contributed by atoms with Crippen LogP contribution in [0.3, 0.4) is 0 Å². The van der Waals surface area contributed by atoms with Crippen LogP contribution in [0.15, 0.2) is 30.3 Å². The summed E-state index contributed by atoms with van der Waals surface area (Å²) in [7, 11) is 0. The lowest BCUT2D eigenvalue weighted by atomic mass is 10.1. The zero-order valence-corrected chi connectivity index (χ0v) is 14.8. The first-order chi connectivity index (χ1) is 11.0. The third kappa shape index (κ3) is 6.45. The van der Waals surface area contributed by atoms with Gasteiger partial charge >= 0.3 is 0 Å². The van der Waals surface area contributed by atoms with Gasteiger partial charge in [-0.25, -0.2) is 4.98 Å². The lowest BCUT2D eigenvalue weighted by Crippen LogP contribution is -2.11. The Bertz CT molecular complexity index is 628. The first kappa shape index (κ1) is 17.5. The first-order valence-electron chi connectivity index (χ1n) is 8.11. The Hall–Kier alpha value is -1.81. The Morgan fingerprint density at radius 1 is 1.09 bits per heavy atom. The smallest absolute Gasteiger partial charge is 0.224 e. The summed E-state index contributed by atoms with van der Waals surface area (Å²) in [6, 6.07) is 9.90. The van der Waals surface area contributed by atoms with Crippen LogP contribution in [0, 0.1) is 12.8 Å². The molecule has 4 nitrogen and oxygen atoms in total. The van der Waals surface area contributed by atoms with Gasteiger partial charge in [0.25, 0.3) is 0 Å². The van der Waals surface area contributed by atoms with Crippen molar-refractivity contribution in [3.8, 4) is 0 Å². The van der Waals surface area contributed by atoms with E-state index >= 15 is 0 Å². The molecule has 0 unspecified atom stereocenters. The molecule has 0 bridgehead atoms. The van der Waals surface area contributed by atoms with E-state index in [-0.39, 0.29) is 0 Å². The van der Waals surface area contributed by atoms with Crippen molar-refractivity contribution >= 4 is 23.4 Å². The number of aryl methyl sites for hydroxylation is 1. The molecule has 23 heavy (non-hydrogen) atoms. The quantitative estimate of drug-likeness (QED) is 0.744. The fourth-order valence-electron chi connectivity index (χ4n) is 2.24. The number of anilines is 2. The molecule has 0 fully saturated rings. The van der Waals surface area contributed by atoms with Crippen LogP contribution < -0.4 is 10.6 Å². The standard InChI is InChI=1S/C18H25ClN4/c1-13(2)7-9-21-18-22-14(3)11-17(23-18)20-10-8-15-5-4-6-16(19)12-15/h4-6,11-13H,7-10H2,1-3H3,(H2,20,21,22,23). The lowest BCUT2D eigenvalue weighted by Gasteiger charge is -2.11. The molecule has 1 heterocycles. The molecule has 5 heteroatoms. The van der Waals surface area contributed by atoms with Crippen LogP contribution in [-0.2, 0) is 6.42 Å². The number of nitrogens with one attached hydrogen (secondary N) is 2. The van der Waals surface area contributed by atoms with Crippen LogP contribution in [0.5, 0.6) is 0 Å². The minimum absolute atomic E-state index is 0.669. The summed E-state index contributed by atoms with van der Waals surface area (Å²) in [6.07, 6.45) is 2.01. The molecule has 124 valence electrons. The summed E-state index contributed by atoms with van der Waals surface area (Å²) in [5.74, 6) is 2.21. The van der Waals surface area contributed by atoms with Crippen molar-refractivity contribution in [3.63, 3.8) is 0 Å². The van der Waals surface area contributed by atoms with Crippen LogP contribution in [0.1, 0.15) is 31.5 Å². The van der Waals surface area contributed by atoms with Crippen molar-refractivity contribution in [2.45, 2.75) is 33.6 Å². The summed E-state index contributed by atoms with van der Waals surface area (Å²) in [4.78, 5) is 8.95. The number of halogens is 1. The van der Waals surface area contributed by atoms with Gasteiger partial charge in [-0.2, -0.15) is 4.98 Å². The molecule has 0 spiro atoms. The average molecular weight is 333 g/mol. The van der Waals surface area contributed by atoms with Gasteiger partial charge in [-0.3, -0.25) is 0 Å². The Morgan fingerprint density at radius 2 is 1.91 bits per heavy atom. The van der Waals surface area contributed by atoms with E-state index in [4.69, 9.17) is 11.6 Å². The Balaban J connectivity index is 1.88. The van der Waals surface area contributed by atoms with E-state index in [0.29, 0.717) is 11.9 Å². The summed E-state index contributed by atoms with van der Waals surface area (Å²) in [5, 5.41) is 7.43. The average Bonchev–Trinajstić information content (AvgIpc) is 2.46. The van der Waals surface area contributed by atoms with Crippen molar-refractivity contribution in [2.75, 3.05) is 23.7 Å². The monoisotopic (exact) mass is 332 g/mol. The van der Waals surface area contributed by atoms with Gasteiger partial charge in [0.2, 0.25) is 5.95 Å². The Labute approximate surface area is 143 Å². The van der Waals surface area contributed by atoms with E-state index in [1.807, 2.05) is 31.2 Å². The number of rotatable bonds is 8. The third-order valence-corrected chi connectivity index (χ3v) is 3.70. The highest BCUT2D eigenvalue weighted by atomic mass is 35.5. The van der Waals surface area contributed by atoms with E-state index in [2.05, 4.69) is 40.5 Å². The fraction of sp³-hybridized carbons (Fsp3) is 0.444. The predicted molar refractivity (Wildman–Crippen MR) is 98.4 cm³/mol. The molecule has 1 aromatic carbocycles. The fourth-order valence-corrected chi connectivity index (χ4v) is 2.45. The Kier molecular flexibility index (Phi) is 6.66. The molecule has 1 aromatic heterocycles. The van der Waals surface area contributed by atoms with Gasteiger partial charge < -0.3 is 10.6 Å². The van der Waals surface area contributed by atoms with Gasteiger partial charge in [0.1, 0.15) is 5.82 Å². The van der Waals surface area contributed by atoms with E-state index in [1.165, 1.54) is 5.56 Å². The lowest BCUT2D eigenvalue weighted by molar-refractivity contribution is 0.606. The second kappa shape index (κ2) is 8.73. The Morgan fingerprint density at radius 3 is 2.65 bits per heavy atom. The van der Waals surface area contributed by atoms with E-state index in [1.54, 1.807) is 0 Å². The minimum Gasteiger partial charge on any atom is -0.370 e. The van der Waals surface area contributed by atoms with Gasteiger partial charge in [0, 0.05) is 29.9 Å².